The molecule has 3 aromatic rings. The monoisotopic (exact) mass is 460 g/mol. The normalized spacial score (nSPS) is 13.7. The van der Waals surface area contributed by atoms with Gasteiger partial charge in [-0.2, -0.15) is 0 Å². The van der Waals surface area contributed by atoms with Crippen LogP contribution in [0.2, 0.25) is 0 Å². The van der Waals surface area contributed by atoms with Crippen LogP contribution in [0.25, 0.3) is 10.2 Å². The molecular weight excluding hydrogens is 436 g/mol. The molecule has 0 spiro atoms. The molecule has 0 radical (unpaired) electrons. The summed E-state index contributed by atoms with van der Waals surface area (Å²) in [6, 6.07) is 5.01. The highest BCUT2D eigenvalue weighted by Gasteiger charge is 2.20. The van der Waals surface area contributed by atoms with Crippen molar-refractivity contribution in [1.29, 1.82) is 0 Å². The van der Waals surface area contributed by atoms with E-state index in [1.807, 2.05) is 0 Å². The SMILES string of the molecule is Cc1ccc(NC(=O)CCn2cnc3sc4c(c3c2=O)CCCC4)cc1NS(C)(=O)=O. The second kappa shape index (κ2) is 8.43. The fraction of sp³-hybridized carbons (Fsp3) is 0.381. The Balaban J connectivity index is 1.47. The Morgan fingerprint density at radius 2 is 2.03 bits per heavy atom. The smallest absolute Gasteiger partial charge is 0.262 e. The molecule has 10 heteroatoms. The maximum Gasteiger partial charge on any atom is 0.262 e. The Bertz CT molecular complexity index is 1330. The average molecular weight is 461 g/mol. The molecule has 4 rings (SSSR count). The molecule has 2 heterocycles. The number of aromatic nitrogens is 2. The van der Waals surface area contributed by atoms with Crippen molar-refractivity contribution in [3.05, 3.63) is 50.9 Å². The number of aryl methyl sites for hydroxylation is 4. The molecule has 0 unspecified atom stereocenters. The first-order valence-corrected chi connectivity index (χ1v) is 12.8. The number of nitrogens with one attached hydrogen (secondary N) is 2. The van der Waals surface area contributed by atoms with Crippen LogP contribution >= 0.6 is 11.3 Å². The van der Waals surface area contributed by atoms with Crippen LogP contribution in [-0.2, 0) is 34.2 Å². The fourth-order valence-electron chi connectivity index (χ4n) is 3.80. The molecule has 31 heavy (non-hydrogen) atoms. The van der Waals surface area contributed by atoms with E-state index in [2.05, 4.69) is 15.0 Å². The summed E-state index contributed by atoms with van der Waals surface area (Å²) in [7, 11) is -3.42. The van der Waals surface area contributed by atoms with Crippen LogP contribution in [0.1, 0.15) is 35.3 Å². The Hall–Kier alpha value is -2.72. The van der Waals surface area contributed by atoms with Gasteiger partial charge in [-0.15, -0.1) is 11.3 Å². The van der Waals surface area contributed by atoms with Crippen molar-refractivity contribution in [3.8, 4) is 0 Å². The molecule has 8 nitrogen and oxygen atoms in total. The number of carbonyl (C=O) groups excluding carboxylic acids is 1. The maximum atomic E-state index is 13.0. The summed E-state index contributed by atoms with van der Waals surface area (Å²) in [5.74, 6) is -0.270. The van der Waals surface area contributed by atoms with Gasteiger partial charge in [-0.25, -0.2) is 13.4 Å². The third-order valence-corrected chi connectivity index (χ3v) is 7.13. The molecule has 1 amide bonds. The number of hydrogen-bond donors (Lipinski definition) is 2. The van der Waals surface area contributed by atoms with Gasteiger partial charge in [-0.05, 0) is 55.9 Å². The number of anilines is 2. The number of benzene rings is 1. The number of carbonyl (C=O) groups is 1. The lowest BCUT2D eigenvalue weighted by Crippen LogP contribution is -2.24. The quantitative estimate of drug-likeness (QED) is 0.587. The van der Waals surface area contributed by atoms with Gasteiger partial charge in [-0.1, -0.05) is 6.07 Å². The summed E-state index contributed by atoms with van der Waals surface area (Å²) < 4.78 is 26.9. The Kier molecular flexibility index (Phi) is 5.85. The summed E-state index contributed by atoms with van der Waals surface area (Å²) in [6.07, 6.45) is 6.84. The number of amides is 1. The minimum atomic E-state index is -3.42. The summed E-state index contributed by atoms with van der Waals surface area (Å²) in [4.78, 5) is 31.9. The highest BCUT2D eigenvalue weighted by molar-refractivity contribution is 7.92. The molecule has 164 valence electrons. The lowest BCUT2D eigenvalue weighted by atomic mass is 9.97. The number of hydrogen-bond acceptors (Lipinski definition) is 6. The minimum absolute atomic E-state index is 0.0906. The highest BCUT2D eigenvalue weighted by Crippen LogP contribution is 2.33. The Labute approximate surface area is 184 Å². The van der Waals surface area contributed by atoms with Crippen molar-refractivity contribution in [2.45, 2.75) is 45.6 Å². The van der Waals surface area contributed by atoms with Crippen LogP contribution in [0.15, 0.2) is 29.3 Å². The number of fused-ring (bicyclic) bond motifs is 3. The molecule has 1 aliphatic carbocycles. The molecule has 2 N–H and O–H groups in total. The van der Waals surface area contributed by atoms with Crippen LogP contribution in [0, 0.1) is 6.92 Å². The summed E-state index contributed by atoms with van der Waals surface area (Å²) in [6.45, 7) is 2.00. The topological polar surface area (TPSA) is 110 Å². The van der Waals surface area contributed by atoms with Crippen molar-refractivity contribution in [1.82, 2.24) is 9.55 Å². The molecule has 1 aromatic carbocycles. The van der Waals surface area contributed by atoms with E-state index in [9.17, 15) is 18.0 Å². The van der Waals surface area contributed by atoms with Crippen molar-refractivity contribution in [2.75, 3.05) is 16.3 Å². The first kappa shape index (κ1) is 21.5. The largest absolute Gasteiger partial charge is 0.326 e. The number of nitrogens with zero attached hydrogens (tertiary/aromatic N) is 2. The molecular formula is C21H24N4O4S2. The molecule has 1 aliphatic rings. The van der Waals surface area contributed by atoms with E-state index in [-0.39, 0.29) is 24.4 Å². The predicted octanol–water partition coefficient (Wildman–Crippen LogP) is 3.05. The fourth-order valence-corrected chi connectivity index (χ4v) is 5.63. The third-order valence-electron chi connectivity index (χ3n) is 5.34. The highest BCUT2D eigenvalue weighted by atomic mass is 32.2. The van der Waals surface area contributed by atoms with Gasteiger partial charge in [0.05, 0.1) is 23.7 Å². The second-order valence-electron chi connectivity index (χ2n) is 7.84. The Morgan fingerprint density at radius 3 is 2.81 bits per heavy atom. The zero-order chi connectivity index (χ0) is 22.2. The lowest BCUT2D eigenvalue weighted by Gasteiger charge is -2.12. The van der Waals surface area contributed by atoms with E-state index in [0.717, 1.165) is 47.9 Å². The van der Waals surface area contributed by atoms with Gasteiger partial charge in [0.25, 0.3) is 5.56 Å². The van der Waals surface area contributed by atoms with Crippen molar-refractivity contribution >= 4 is 48.9 Å². The van der Waals surface area contributed by atoms with E-state index in [1.165, 1.54) is 15.8 Å². The molecule has 0 aliphatic heterocycles. The van der Waals surface area contributed by atoms with Crippen LogP contribution in [0.3, 0.4) is 0 Å². The van der Waals surface area contributed by atoms with Gasteiger partial charge in [0.15, 0.2) is 0 Å². The molecule has 0 atom stereocenters. The van der Waals surface area contributed by atoms with E-state index >= 15 is 0 Å². The molecule has 2 aromatic heterocycles. The van der Waals surface area contributed by atoms with Crippen molar-refractivity contribution < 1.29 is 13.2 Å². The Morgan fingerprint density at radius 1 is 1.26 bits per heavy atom. The van der Waals surface area contributed by atoms with Gasteiger partial charge in [-0.3, -0.25) is 18.9 Å². The minimum Gasteiger partial charge on any atom is -0.326 e. The van der Waals surface area contributed by atoms with E-state index in [1.54, 1.807) is 36.5 Å². The zero-order valence-electron chi connectivity index (χ0n) is 17.4. The van der Waals surface area contributed by atoms with Crippen LogP contribution in [0.5, 0.6) is 0 Å². The third kappa shape index (κ3) is 4.80. The van der Waals surface area contributed by atoms with Gasteiger partial charge in [0.2, 0.25) is 15.9 Å². The zero-order valence-corrected chi connectivity index (χ0v) is 19.0. The van der Waals surface area contributed by atoms with E-state index < -0.39 is 10.0 Å². The summed E-state index contributed by atoms with van der Waals surface area (Å²) >= 11 is 1.60. The molecule has 0 saturated heterocycles. The predicted molar refractivity (Wildman–Crippen MR) is 123 cm³/mol. The van der Waals surface area contributed by atoms with E-state index in [4.69, 9.17) is 0 Å². The van der Waals surface area contributed by atoms with Gasteiger partial charge in [0.1, 0.15) is 4.83 Å². The van der Waals surface area contributed by atoms with Gasteiger partial charge < -0.3 is 5.32 Å². The van der Waals surface area contributed by atoms with Gasteiger partial charge in [0, 0.05) is 23.5 Å². The van der Waals surface area contributed by atoms with Gasteiger partial charge >= 0.3 is 0 Å². The molecule has 0 saturated carbocycles. The second-order valence-corrected chi connectivity index (χ2v) is 10.7. The average Bonchev–Trinajstić information content (AvgIpc) is 3.08. The van der Waals surface area contributed by atoms with Crippen LogP contribution in [-0.4, -0.2) is 30.1 Å². The molecule has 0 fully saturated rings. The van der Waals surface area contributed by atoms with E-state index in [0.29, 0.717) is 16.8 Å². The molecule has 0 bridgehead atoms. The number of rotatable bonds is 6. The lowest BCUT2D eigenvalue weighted by molar-refractivity contribution is -0.116. The van der Waals surface area contributed by atoms with Crippen molar-refractivity contribution in [3.63, 3.8) is 0 Å². The van der Waals surface area contributed by atoms with Crippen LogP contribution in [0.4, 0.5) is 11.4 Å². The maximum absolute atomic E-state index is 13.0. The first-order valence-electron chi connectivity index (χ1n) is 10.1. The summed E-state index contributed by atoms with van der Waals surface area (Å²) in [5.41, 5.74) is 2.68. The number of sulfonamides is 1. The summed E-state index contributed by atoms with van der Waals surface area (Å²) in [5, 5.41) is 3.47. The number of thiophene rings is 1. The van der Waals surface area contributed by atoms with Crippen molar-refractivity contribution in [2.24, 2.45) is 0 Å². The van der Waals surface area contributed by atoms with Crippen LogP contribution < -0.4 is 15.6 Å². The first-order chi connectivity index (χ1) is 14.7. The standard InChI is InChI=1S/C21H24N4O4S2/c1-13-7-8-14(11-16(13)24-31(2,28)29)23-18(26)9-10-25-12-22-20-19(21(25)27)15-5-3-4-6-17(15)30-20/h7-8,11-12,24H,3-6,9-10H2,1-2H3,(H,23,26).